The molecule has 0 spiro atoms. The Morgan fingerprint density at radius 3 is 1.39 bits per heavy atom. The summed E-state index contributed by atoms with van der Waals surface area (Å²) in [5.74, 6) is 4.67. The third-order valence-corrected chi connectivity index (χ3v) is 17.5. The minimum atomic E-state index is -0.373. The SMILES string of the molecule is CCCCN(C)Cc1[nH]ncc1-c1ccc(OCCCOC)cc1.CCCCN(C)Cc1[nH]ncc1-c1ccc(Oc2cccc(OC)c2)cc1.CCCCN(C)Cc1[nH]ncc1-c1ccc(Oc2ccccc2)c(C(=O)NC)c1.CCCCN(C)Cc1cn[nH]c1-c1ccc(Oc2ccccc2F)cc1. The fraction of sp³-hybridized carbons (Fsp3) is 0.353. The molecule has 20 nitrogen and oxygen atoms in total. The van der Waals surface area contributed by atoms with E-state index in [1.165, 1.54) is 51.0 Å². The Morgan fingerprint density at radius 2 is 0.868 bits per heavy atom. The number of carbonyl (C=O) groups excluding carboxylic acids is 1. The monoisotopic (exact) mass is 1440 g/mol. The van der Waals surface area contributed by atoms with Gasteiger partial charge in [0.15, 0.2) is 11.6 Å². The Kier molecular flexibility index (Phi) is 34.0. The number of benzene rings is 7. The molecule has 4 aromatic heterocycles. The summed E-state index contributed by atoms with van der Waals surface area (Å²) in [7, 11) is 13.5. The maximum Gasteiger partial charge on any atom is 0.254 e. The van der Waals surface area contributed by atoms with E-state index in [2.05, 4.69) is 146 Å². The number of rotatable bonds is 37. The van der Waals surface area contributed by atoms with E-state index >= 15 is 0 Å². The number of unbranched alkanes of at least 4 members (excludes halogenated alkanes) is 4. The normalized spacial score (nSPS) is 11.0. The van der Waals surface area contributed by atoms with Crippen LogP contribution in [0, 0.1) is 5.82 Å². The number of para-hydroxylation sites is 2. The second kappa shape index (κ2) is 44.4. The molecule has 0 aliphatic carbocycles. The van der Waals surface area contributed by atoms with Gasteiger partial charge in [-0.2, -0.15) is 20.4 Å². The topological polar surface area (TPSA) is 212 Å². The lowest BCUT2D eigenvalue weighted by Crippen LogP contribution is -2.20. The van der Waals surface area contributed by atoms with Gasteiger partial charge in [0.25, 0.3) is 5.91 Å². The summed E-state index contributed by atoms with van der Waals surface area (Å²) in [6.07, 6.45) is 17.9. The number of aromatic nitrogens is 8. The van der Waals surface area contributed by atoms with Crippen LogP contribution in [-0.4, -0.2) is 155 Å². The van der Waals surface area contributed by atoms with Crippen LogP contribution >= 0.6 is 0 Å². The molecule has 7 aromatic carbocycles. The molecular formula is C85H108FN13O7. The predicted molar refractivity (Wildman–Crippen MR) is 422 cm³/mol. The number of hydrogen-bond donors (Lipinski definition) is 5. The second-order valence-electron chi connectivity index (χ2n) is 26.2. The van der Waals surface area contributed by atoms with Crippen LogP contribution in [0.3, 0.4) is 0 Å². The largest absolute Gasteiger partial charge is 0.497 e. The molecule has 0 atom stereocenters. The van der Waals surface area contributed by atoms with Gasteiger partial charge >= 0.3 is 0 Å². The van der Waals surface area contributed by atoms with Crippen molar-refractivity contribution in [2.24, 2.45) is 0 Å². The summed E-state index contributed by atoms with van der Waals surface area (Å²) in [4.78, 5) is 21.7. The van der Waals surface area contributed by atoms with Gasteiger partial charge in [0.05, 0.1) is 66.8 Å². The van der Waals surface area contributed by atoms with Crippen molar-refractivity contribution in [2.75, 3.05) is 88.9 Å². The zero-order valence-corrected chi connectivity index (χ0v) is 63.7. The van der Waals surface area contributed by atoms with Crippen LogP contribution in [0.2, 0.25) is 0 Å². The number of ether oxygens (including phenoxy) is 6. The number of halogens is 1. The van der Waals surface area contributed by atoms with E-state index < -0.39 is 0 Å². The van der Waals surface area contributed by atoms with Crippen molar-refractivity contribution in [3.8, 4) is 90.6 Å². The summed E-state index contributed by atoms with van der Waals surface area (Å²) in [6, 6.07) is 53.0. The van der Waals surface area contributed by atoms with Crippen LogP contribution in [0.5, 0.6) is 46.0 Å². The van der Waals surface area contributed by atoms with Crippen molar-refractivity contribution >= 4 is 5.91 Å². The third kappa shape index (κ3) is 26.0. The van der Waals surface area contributed by atoms with Crippen LogP contribution in [0.1, 0.15) is 118 Å². The average molecular weight is 1440 g/mol. The molecule has 11 rings (SSSR count). The average Bonchev–Trinajstić information content (AvgIpc) is 1.37. The summed E-state index contributed by atoms with van der Waals surface area (Å²) in [5.41, 5.74) is 13.5. The first-order valence-corrected chi connectivity index (χ1v) is 36.8. The van der Waals surface area contributed by atoms with E-state index in [4.69, 9.17) is 28.4 Å². The van der Waals surface area contributed by atoms with Gasteiger partial charge in [-0.1, -0.05) is 120 Å². The van der Waals surface area contributed by atoms with Gasteiger partial charge < -0.3 is 53.3 Å². The number of carbonyl (C=O) groups is 1. The van der Waals surface area contributed by atoms with Gasteiger partial charge in [-0.3, -0.25) is 25.2 Å². The van der Waals surface area contributed by atoms with Crippen LogP contribution < -0.4 is 29.0 Å². The molecular weight excluding hydrogens is 1330 g/mol. The van der Waals surface area contributed by atoms with Gasteiger partial charge in [0.2, 0.25) is 0 Å². The minimum Gasteiger partial charge on any atom is -0.497 e. The quantitative estimate of drug-likeness (QED) is 0.0229. The molecule has 11 aromatic rings. The smallest absolute Gasteiger partial charge is 0.254 e. The number of hydrogen-bond acceptors (Lipinski definition) is 15. The van der Waals surface area contributed by atoms with Crippen molar-refractivity contribution in [2.45, 2.75) is 112 Å². The Morgan fingerprint density at radius 1 is 0.425 bits per heavy atom. The number of nitrogens with one attached hydrogen (secondary N) is 5. The van der Waals surface area contributed by atoms with Gasteiger partial charge in [-0.25, -0.2) is 4.39 Å². The highest BCUT2D eigenvalue weighted by Crippen LogP contribution is 2.34. The Labute approximate surface area is 626 Å². The number of amides is 1. The molecule has 0 saturated carbocycles. The first-order valence-electron chi connectivity index (χ1n) is 36.8. The Balaban J connectivity index is 0.000000179. The predicted octanol–water partition coefficient (Wildman–Crippen LogP) is 18.5. The van der Waals surface area contributed by atoms with Crippen LogP contribution in [0.15, 0.2) is 195 Å². The molecule has 4 heterocycles. The number of nitrogens with zero attached hydrogens (tertiary/aromatic N) is 8. The molecule has 0 aliphatic heterocycles. The number of methoxy groups -OCH3 is 2. The lowest BCUT2D eigenvalue weighted by molar-refractivity contribution is 0.0960. The first-order chi connectivity index (χ1) is 51.7. The van der Waals surface area contributed by atoms with Crippen LogP contribution in [0.25, 0.3) is 44.6 Å². The third-order valence-electron chi connectivity index (χ3n) is 17.5. The van der Waals surface area contributed by atoms with Gasteiger partial charge in [-0.05, 0) is 194 Å². The van der Waals surface area contributed by atoms with Crippen molar-refractivity contribution in [3.63, 3.8) is 0 Å². The van der Waals surface area contributed by atoms with E-state index in [-0.39, 0.29) is 17.5 Å². The Hall–Kier alpha value is -10.4. The summed E-state index contributed by atoms with van der Waals surface area (Å²) in [5, 5.41) is 32.1. The summed E-state index contributed by atoms with van der Waals surface area (Å²) >= 11 is 0. The molecule has 0 fully saturated rings. The summed E-state index contributed by atoms with van der Waals surface area (Å²) < 4.78 is 47.1. The molecule has 106 heavy (non-hydrogen) atoms. The van der Waals surface area contributed by atoms with Crippen molar-refractivity contribution < 1.29 is 37.6 Å². The molecule has 0 unspecified atom stereocenters. The van der Waals surface area contributed by atoms with Crippen molar-refractivity contribution in [1.29, 1.82) is 0 Å². The van der Waals surface area contributed by atoms with E-state index in [1.807, 2.05) is 146 Å². The molecule has 0 saturated heterocycles. The van der Waals surface area contributed by atoms with Gasteiger partial charge in [0.1, 0.15) is 40.2 Å². The lowest BCUT2D eigenvalue weighted by atomic mass is 10.0. The van der Waals surface area contributed by atoms with Crippen LogP contribution in [0.4, 0.5) is 4.39 Å². The van der Waals surface area contributed by atoms with E-state index in [0.717, 1.165) is 162 Å². The molecule has 0 radical (unpaired) electrons. The molecule has 0 bridgehead atoms. The van der Waals surface area contributed by atoms with Gasteiger partial charge in [-0.15, -0.1) is 0 Å². The molecule has 0 aliphatic rings. The fourth-order valence-electron chi connectivity index (χ4n) is 11.5. The van der Waals surface area contributed by atoms with Crippen LogP contribution in [-0.2, 0) is 30.9 Å². The molecule has 21 heteroatoms. The molecule has 1 amide bonds. The molecule has 5 N–H and O–H groups in total. The number of H-pyrrole nitrogens is 4. The highest BCUT2D eigenvalue weighted by Gasteiger charge is 2.19. The fourth-order valence-corrected chi connectivity index (χ4v) is 11.5. The molecule has 562 valence electrons. The van der Waals surface area contributed by atoms with Gasteiger partial charge in [0, 0.05) is 87.2 Å². The highest BCUT2D eigenvalue weighted by molar-refractivity contribution is 5.98. The lowest BCUT2D eigenvalue weighted by Gasteiger charge is -2.16. The number of aromatic amines is 4. The summed E-state index contributed by atoms with van der Waals surface area (Å²) in [6.45, 7) is 17.9. The van der Waals surface area contributed by atoms with Crippen molar-refractivity contribution in [3.05, 3.63) is 229 Å². The zero-order valence-electron chi connectivity index (χ0n) is 63.7. The second-order valence-corrected chi connectivity index (χ2v) is 26.2. The Bertz CT molecular complexity index is 4280. The first kappa shape index (κ1) is 81.3. The minimum absolute atomic E-state index is 0.192. The van der Waals surface area contributed by atoms with E-state index in [0.29, 0.717) is 29.4 Å². The maximum atomic E-state index is 13.7. The highest BCUT2D eigenvalue weighted by atomic mass is 19.1. The standard InChI is InChI=1S/C23H28N4O2.C22H27N3O2.C21H24FN3O.C19H29N3O2/c1-4-5-13-27(3)16-21-20(15-25-26-21)17-11-12-22(19(14-17)23(28)24-2)29-18-9-7-6-8-10-18;1-4-5-13-25(2)16-22-21(15-23-24-22)17-9-11-18(12-10-17)27-20-8-6-7-19(14-20)26-3;1-3-4-13-25(2)15-17-14-23-24-21(17)16-9-11-18(12-10-16)26-20-8-6-5-7-19(20)22;1-4-5-11-22(2)15-19-18(14-20-21-19)16-7-9-17(10-8-16)24-13-6-12-23-3/h6-12,14-15H,4-5,13,16H2,1-3H3,(H,24,28)(H,25,26);6-12,14-15H,4-5,13,16H2,1-3H3,(H,23,24);5-12,14H,3-4,13,15H2,1-2H3,(H,23,24);7-10,14H,4-6,11-13,15H2,1-3H3,(H,20,21). The van der Waals surface area contributed by atoms with E-state index in [1.54, 1.807) is 39.5 Å². The maximum absolute atomic E-state index is 13.7. The zero-order chi connectivity index (χ0) is 75.3. The van der Waals surface area contributed by atoms with E-state index in [9.17, 15) is 9.18 Å². The van der Waals surface area contributed by atoms with Crippen molar-refractivity contribution in [1.82, 2.24) is 65.7 Å².